The molecule has 0 bridgehead atoms. The molecule has 4 rings (SSSR count). The minimum atomic E-state index is -0.346. The van der Waals surface area contributed by atoms with Crippen molar-refractivity contribution in [2.24, 2.45) is 5.41 Å². The molecular weight excluding hydrogens is 366 g/mol. The first kappa shape index (κ1) is 20.2. The fourth-order valence-electron chi connectivity index (χ4n) is 4.97. The van der Waals surface area contributed by atoms with Gasteiger partial charge in [0.2, 0.25) is 5.91 Å². The van der Waals surface area contributed by atoms with Gasteiger partial charge in [0.25, 0.3) is 0 Å². The lowest BCUT2D eigenvalue weighted by atomic mass is 9.75. The second-order valence-electron chi connectivity index (χ2n) is 8.97. The van der Waals surface area contributed by atoms with Gasteiger partial charge in [0.15, 0.2) is 0 Å². The Balaban J connectivity index is 1.22. The maximum Gasteiger partial charge on any atom is 0.312 e. The Bertz CT molecular complexity index is 732. The molecule has 3 aliphatic rings. The smallest absolute Gasteiger partial charge is 0.312 e. The Morgan fingerprint density at radius 2 is 1.72 bits per heavy atom. The number of likely N-dealkylation sites (tertiary alicyclic amines) is 1. The minimum absolute atomic E-state index is 0.0292. The Morgan fingerprint density at radius 1 is 1.07 bits per heavy atom. The van der Waals surface area contributed by atoms with Crippen molar-refractivity contribution in [1.29, 1.82) is 0 Å². The summed E-state index contributed by atoms with van der Waals surface area (Å²) >= 11 is 0. The number of cyclic esters (lactones) is 1. The molecule has 3 heterocycles. The highest BCUT2D eigenvalue weighted by Gasteiger charge is 2.50. The van der Waals surface area contributed by atoms with Crippen LogP contribution in [0.3, 0.4) is 0 Å². The van der Waals surface area contributed by atoms with Crippen LogP contribution in [0.15, 0.2) is 24.3 Å². The maximum atomic E-state index is 12.6. The second-order valence-corrected chi connectivity index (χ2v) is 8.97. The van der Waals surface area contributed by atoms with Gasteiger partial charge in [-0.1, -0.05) is 17.7 Å². The predicted octanol–water partition coefficient (Wildman–Crippen LogP) is 2.45. The Labute approximate surface area is 173 Å². The highest BCUT2D eigenvalue weighted by molar-refractivity contribution is 5.80. The van der Waals surface area contributed by atoms with Gasteiger partial charge >= 0.3 is 5.97 Å². The summed E-state index contributed by atoms with van der Waals surface area (Å²) < 4.78 is 5.76. The first-order chi connectivity index (χ1) is 13.9. The van der Waals surface area contributed by atoms with Gasteiger partial charge in [-0.15, -0.1) is 0 Å². The van der Waals surface area contributed by atoms with E-state index in [0.29, 0.717) is 13.1 Å². The molecule has 1 amide bonds. The van der Waals surface area contributed by atoms with Crippen molar-refractivity contribution in [2.75, 3.05) is 50.7 Å². The molecule has 0 aromatic heterocycles. The summed E-state index contributed by atoms with van der Waals surface area (Å²) in [5.41, 5.74) is 2.25. The molecule has 0 aliphatic carbocycles. The molecule has 0 radical (unpaired) electrons. The van der Waals surface area contributed by atoms with Gasteiger partial charge in [-0.2, -0.15) is 0 Å². The molecule has 0 saturated carbocycles. The van der Waals surface area contributed by atoms with Crippen LogP contribution in [0.5, 0.6) is 0 Å². The molecule has 3 fully saturated rings. The number of anilines is 1. The lowest BCUT2D eigenvalue weighted by molar-refractivity contribution is -0.152. The third kappa shape index (κ3) is 4.42. The highest BCUT2D eigenvalue weighted by Crippen LogP contribution is 2.43. The molecule has 158 valence electrons. The van der Waals surface area contributed by atoms with Gasteiger partial charge in [0.1, 0.15) is 6.10 Å². The summed E-state index contributed by atoms with van der Waals surface area (Å²) in [5.74, 6) is 0.0717. The minimum Gasteiger partial charge on any atom is -0.462 e. The number of hydrogen-bond acceptors (Lipinski definition) is 5. The van der Waals surface area contributed by atoms with Crippen LogP contribution in [-0.4, -0.2) is 73.6 Å². The molecule has 6 heteroatoms. The van der Waals surface area contributed by atoms with Gasteiger partial charge in [-0.05, 0) is 38.3 Å². The van der Waals surface area contributed by atoms with E-state index in [9.17, 15) is 9.59 Å². The molecule has 29 heavy (non-hydrogen) atoms. The Hall–Kier alpha value is -2.08. The van der Waals surface area contributed by atoms with E-state index in [4.69, 9.17) is 4.74 Å². The van der Waals surface area contributed by atoms with Crippen LogP contribution < -0.4 is 4.90 Å². The van der Waals surface area contributed by atoms with Gasteiger partial charge < -0.3 is 14.5 Å². The number of amides is 1. The summed E-state index contributed by atoms with van der Waals surface area (Å²) in [6.07, 6.45) is 3.25. The molecule has 1 spiro atoms. The predicted molar refractivity (Wildman–Crippen MR) is 113 cm³/mol. The summed E-state index contributed by atoms with van der Waals surface area (Å²) in [5, 5.41) is 0. The van der Waals surface area contributed by atoms with Crippen molar-refractivity contribution in [1.82, 2.24) is 9.80 Å². The van der Waals surface area contributed by atoms with Gasteiger partial charge in [0, 0.05) is 64.8 Å². The molecule has 1 atom stereocenters. The number of carbonyl (C=O) groups is 2. The monoisotopic (exact) mass is 399 g/mol. The van der Waals surface area contributed by atoms with Crippen molar-refractivity contribution in [3.8, 4) is 0 Å². The first-order valence-corrected chi connectivity index (χ1v) is 11.0. The van der Waals surface area contributed by atoms with E-state index < -0.39 is 0 Å². The maximum absolute atomic E-state index is 12.6. The molecule has 1 aromatic carbocycles. The fraction of sp³-hybridized carbons (Fsp3) is 0.652. The van der Waals surface area contributed by atoms with Crippen LogP contribution in [0.1, 0.15) is 38.2 Å². The number of ether oxygens (including phenoxy) is 1. The van der Waals surface area contributed by atoms with Gasteiger partial charge in [0.05, 0.1) is 5.41 Å². The number of piperazine rings is 1. The van der Waals surface area contributed by atoms with Crippen molar-refractivity contribution in [3.05, 3.63) is 29.8 Å². The largest absolute Gasteiger partial charge is 0.462 e. The summed E-state index contributed by atoms with van der Waals surface area (Å²) in [7, 11) is 0. The van der Waals surface area contributed by atoms with E-state index in [-0.39, 0.29) is 23.4 Å². The molecule has 0 unspecified atom stereocenters. The molecule has 3 aliphatic heterocycles. The zero-order valence-electron chi connectivity index (χ0n) is 17.7. The topological polar surface area (TPSA) is 53.1 Å². The van der Waals surface area contributed by atoms with Crippen LogP contribution in [0.4, 0.5) is 5.69 Å². The zero-order chi connectivity index (χ0) is 20.4. The summed E-state index contributed by atoms with van der Waals surface area (Å²) in [4.78, 5) is 30.9. The molecule has 3 saturated heterocycles. The van der Waals surface area contributed by atoms with E-state index >= 15 is 0 Å². The molecule has 1 aromatic rings. The quantitative estimate of drug-likeness (QED) is 0.728. The molecule has 6 nitrogen and oxygen atoms in total. The third-order valence-electron chi connectivity index (χ3n) is 7.03. The lowest BCUT2D eigenvalue weighted by Crippen LogP contribution is -2.47. The van der Waals surface area contributed by atoms with E-state index in [1.807, 2.05) is 4.90 Å². The first-order valence-electron chi connectivity index (χ1n) is 11.0. The number of benzene rings is 1. The van der Waals surface area contributed by atoms with Gasteiger partial charge in [-0.3, -0.25) is 14.5 Å². The average Bonchev–Trinajstić information content (AvgIpc) is 3.03. The van der Waals surface area contributed by atoms with Crippen LogP contribution >= 0.6 is 0 Å². The molecule has 0 N–H and O–H groups in total. The van der Waals surface area contributed by atoms with Crippen molar-refractivity contribution >= 4 is 17.6 Å². The summed E-state index contributed by atoms with van der Waals surface area (Å²) in [6.45, 7) is 10.2. The van der Waals surface area contributed by atoms with Gasteiger partial charge in [-0.25, -0.2) is 0 Å². The standard InChI is InChI=1S/C23H33N3O3/c1-18-3-5-20(6-4-18)26-15-13-24(14-16-26)10-7-21-17-23(22(28)29-21)8-11-25(12-9-23)19(2)27/h3-6,21H,7-17H2,1-2H3/t21-/m0/s1. The van der Waals surface area contributed by atoms with Crippen LogP contribution in [0, 0.1) is 12.3 Å². The SMILES string of the molecule is CC(=O)N1CCC2(CC1)C[C@H](CCN1CCN(c3ccc(C)cc3)CC1)OC2=O. The van der Waals surface area contributed by atoms with Crippen LogP contribution in [0.25, 0.3) is 0 Å². The number of carbonyl (C=O) groups excluding carboxylic acids is 2. The van der Waals surface area contributed by atoms with Crippen molar-refractivity contribution in [2.45, 2.75) is 45.6 Å². The average molecular weight is 400 g/mol. The van der Waals surface area contributed by atoms with Crippen molar-refractivity contribution < 1.29 is 14.3 Å². The van der Waals surface area contributed by atoms with E-state index in [0.717, 1.165) is 58.4 Å². The van der Waals surface area contributed by atoms with Crippen LogP contribution in [-0.2, 0) is 14.3 Å². The van der Waals surface area contributed by atoms with Crippen molar-refractivity contribution in [3.63, 3.8) is 0 Å². The number of esters is 1. The zero-order valence-corrected chi connectivity index (χ0v) is 17.7. The lowest BCUT2D eigenvalue weighted by Gasteiger charge is -2.37. The van der Waals surface area contributed by atoms with E-state index in [1.165, 1.54) is 11.3 Å². The number of nitrogens with zero attached hydrogens (tertiary/aromatic N) is 3. The highest BCUT2D eigenvalue weighted by atomic mass is 16.6. The van der Waals surface area contributed by atoms with E-state index in [2.05, 4.69) is 41.0 Å². The summed E-state index contributed by atoms with van der Waals surface area (Å²) in [6, 6.07) is 8.76. The Morgan fingerprint density at radius 3 is 2.34 bits per heavy atom. The Kier molecular flexibility index (Phi) is 5.81. The second kappa shape index (κ2) is 8.34. The van der Waals surface area contributed by atoms with E-state index in [1.54, 1.807) is 6.92 Å². The number of hydrogen-bond donors (Lipinski definition) is 0. The third-order valence-corrected chi connectivity index (χ3v) is 7.03. The number of rotatable bonds is 4. The molecular formula is C23H33N3O3. The fourth-order valence-corrected chi connectivity index (χ4v) is 4.97. The number of aryl methyl sites for hydroxylation is 1. The van der Waals surface area contributed by atoms with Crippen LogP contribution in [0.2, 0.25) is 0 Å². The normalized spacial score (nSPS) is 24.8. The number of piperidine rings is 1.